The highest BCUT2D eigenvalue weighted by Gasteiger charge is 2.57. The molecule has 3 aliphatic rings. The molecule has 2 aliphatic carbocycles. The molecule has 2 N–H and O–H groups in total. The van der Waals surface area contributed by atoms with Gasteiger partial charge in [0.1, 0.15) is 0 Å². The van der Waals surface area contributed by atoms with Crippen LogP contribution in [0.15, 0.2) is 78.4 Å². The quantitative estimate of drug-likeness (QED) is 0.151. The number of allylic oxidation sites excluding steroid dienone is 1. The maximum Gasteiger partial charge on any atom is 0.336 e. The number of benzene rings is 4. The Balaban J connectivity index is 1.19. The molecule has 1 aliphatic heterocycles. The monoisotopic (exact) mass is 627 g/mol. The van der Waals surface area contributed by atoms with Gasteiger partial charge in [0.05, 0.1) is 22.2 Å². The molecule has 2 atom stereocenters. The maximum absolute atomic E-state index is 13.2. The lowest BCUT2D eigenvalue weighted by molar-refractivity contribution is 0.0651. The molecule has 0 amide bonds. The van der Waals surface area contributed by atoms with E-state index in [4.69, 9.17) is 0 Å². The van der Waals surface area contributed by atoms with Crippen molar-refractivity contribution in [3.05, 3.63) is 112 Å². The minimum Gasteiger partial charge on any atom is -0.478 e. The fourth-order valence-corrected chi connectivity index (χ4v) is 9.32. The van der Waals surface area contributed by atoms with E-state index in [9.17, 15) is 29.4 Å². The third-order valence-electron chi connectivity index (χ3n) is 10.7. The lowest BCUT2D eigenvalue weighted by Gasteiger charge is -2.50. The average Bonchev–Trinajstić information content (AvgIpc) is 3.59. The molecule has 0 spiro atoms. The van der Waals surface area contributed by atoms with Gasteiger partial charge in [0.2, 0.25) is 0 Å². The molecule has 1 aromatic heterocycles. The van der Waals surface area contributed by atoms with Crippen molar-refractivity contribution in [1.82, 2.24) is 0 Å². The van der Waals surface area contributed by atoms with Crippen molar-refractivity contribution >= 4 is 72.5 Å². The highest BCUT2D eigenvalue weighted by molar-refractivity contribution is 7.25. The van der Waals surface area contributed by atoms with Gasteiger partial charge in [0.25, 0.3) is 0 Å². The normalized spacial score (nSPS) is 21.9. The molecule has 0 saturated heterocycles. The van der Waals surface area contributed by atoms with Crippen LogP contribution >= 0.6 is 11.3 Å². The number of aromatic carboxylic acids is 2. The number of hydrogen-bond acceptors (Lipinski definition) is 6. The van der Waals surface area contributed by atoms with E-state index < -0.39 is 34.6 Å². The lowest BCUT2D eigenvalue weighted by Crippen LogP contribution is -2.54. The number of thiophene rings is 1. The third-order valence-corrected chi connectivity index (χ3v) is 11.8. The molecule has 8 rings (SSSR count). The van der Waals surface area contributed by atoms with Crippen molar-refractivity contribution in [1.29, 1.82) is 0 Å². The zero-order valence-electron chi connectivity index (χ0n) is 25.2. The van der Waals surface area contributed by atoms with Gasteiger partial charge in [0, 0.05) is 48.1 Å². The van der Waals surface area contributed by atoms with Crippen LogP contribution in [-0.2, 0) is 5.41 Å². The fraction of sp³-hybridized carbons (Fsp3) is 0.211. The summed E-state index contributed by atoms with van der Waals surface area (Å²) in [7, 11) is 0. The number of nitrogens with zero attached hydrogens (tertiary/aromatic N) is 1. The van der Waals surface area contributed by atoms with Crippen molar-refractivity contribution in [2.75, 3.05) is 4.90 Å². The van der Waals surface area contributed by atoms with Gasteiger partial charge < -0.3 is 15.1 Å². The van der Waals surface area contributed by atoms with E-state index in [0.29, 0.717) is 5.56 Å². The first kappa shape index (κ1) is 28.4. The van der Waals surface area contributed by atoms with Gasteiger partial charge in [0.15, 0.2) is 11.6 Å². The molecule has 0 bridgehead atoms. The Kier molecular flexibility index (Phi) is 5.99. The first-order valence-corrected chi connectivity index (χ1v) is 16.2. The molecule has 4 aromatic carbocycles. The van der Waals surface area contributed by atoms with Crippen LogP contribution in [0, 0.1) is 0 Å². The van der Waals surface area contributed by atoms with Crippen molar-refractivity contribution < 1.29 is 29.4 Å². The Hall–Kier alpha value is -5.08. The van der Waals surface area contributed by atoms with E-state index in [1.165, 1.54) is 35.9 Å². The second-order valence-electron chi connectivity index (χ2n) is 13.0. The molecular weight excluding hydrogens is 598 g/mol. The number of carboxylic acids is 2. The van der Waals surface area contributed by atoms with Gasteiger partial charge in [-0.1, -0.05) is 56.2 Å². The van der Waals surface area contributed by atoms with E-state index in [0.717, 1.165) is 45.1 Å². The Morgan fingerprint density at radius 3 is 2.07 bits per heavy atom. The van der Waals surface area contributed by atoms with E-state index in [-0.39, 0.29) is 27.7 Å². The highest BCUT2D eigenvalue weighted by Crippen LogP contribution is 2.60. The predicted octanol–water partition coefficient (Wildman–Crippen LogP) is 8.66. The number of ketones is 2. The van der Waals surface area contributed by atoms with Crippen LogP contribution in [0.5, 0.6) is 0 Å². The van der Waals surface area contributed by atoms with Crippen molar-refractivity contribution in [3.8, 4) is 0 Å². The number of carboxylic acid groups (broad SMARTS) is 2. The molecule has 5 aromatic rings. The average molecular weight is 628 g/mol. The zero-order valence-corrected chi connectivity index (χ0v) is 26.0. The van der Waals surface area contributed by atoms with Crippen molar-refractivity contribution in [2.24, 2.45) is 0 Å². The lowest BCUT2D eigenvalue weighted by atomic mass is 9.61. The van der Waals surface area contributed by atoms with Crippen LogP contribution < -0.4 is 4.90 Å². The number of para-hydroxylation sites is 1. The van der Waals surface area contributed by atoms with Crippen LogP contribution in [0.4, 0.5) is 11.4 Å². The number of Topliss-reactive ketones (excluding diaryl/α,β-unsaturated/α-hetero) is 2. The zero-order chi connectivity index (χ0) is 32.1. The number of anilines is 2. The summed E-state index contributed by atoms with van der Waals surface area (Å²) in [5.74, 6) is -4.19. The van der Waals surface area contributed by atoms with Crippen molar-refractivity contribution in [2.45, 2.75) is 50.5 Å². The molecule has 1 fully saturated rings. The maximum atomic E-state index is 13.2. The third kappa shape index (κ3) is 3.76. The number of carbonyl (C=O) groups is 4. The number of hydrogen-bond donors (Lipinski definition) is 2. The first-order chi connectivity index (χ1) is 22.0. The molecule has 2 unspecified atom stereocenters. The molecule has 0 radical (unpaired) electrons. The van der Waals surface area contributed by atoms with Crippen LogP contribution in [0.25, 0.3) is 26.2 Å². The molecule has 46 heavy (non-hydrogen) atoms. The van der Waals surface area contributed by atoms with Crippen molar-refractivity contribution in [3.63, 3.8) is 0 Å². The van der Waals surface area contributed by atoms with E-state index in [1.54, 1.807) is 11.3 Å². The Morgan fingerprint density at radius 1 is 0.783 bits per heavy atom. The first-order valence-electron chi connectivity index (χ1n) is 15.3. The molecule has 8 heteroatoms. The second-order valence-corrected chi connectivity index (χ2v) is 14.1. The van der Waals surface area contributed by atoms with Gasteiger partial charge in [-0.2, -0.15) is 0 Å². The largest absolute Gasteiger partial charge is 0.478 e. The Bertz CT molecular complexity index is 2210. The number of fused-ring (bicyclic) bond motifs is 7. The minimum atomic E-state index is -1.48. The second kappa shape index (κ2) is 9.71. The van der Waals surface area contributed by atoms with Crippen LogP contribution in [0.2, 0.25) is 0 Å². The molecule has 1 saturated carbocycles. The van der Waals surface area contributed by atoms with Gasteiger partial charge in [-0.15, -0.1) is 11.3 Å². The highest BCUT2D eigenvalue weighted by atomic mass is 32.1. The van der Waals surface area contributed by atoms with Gasteiger partial charge in [-0.05, 0) is 73.4 Å². The van der Waals surface area contributed by atoms with Crippen LogP contribution in [0.3, 0.4) is 0 Å². The minimum absolute atomic E-state index is 0.0347. The summed E-state index contributed by atoms with van der Waals surface area (Å²) in [4.78, 5) is 52.3. The van der Waals surface area contributed by atoms with Gasteiger partial charge >= 0.3 is 11.9 Å². The molecular formula is C38H29NO6S. The summed E-state index contributed by atoms with van der Waals surface area (Å²) in [6, 6.07) is 23.3. The number of carbonyl (C=O) groups excluding carboxylic acids is 2. The Morgan fingerprint density at radius 2 is 1.39 bits per heavy atom. The van der Waals surface area contributed by atoms with Crippen LogP contribution in [0.1, 0.15) is 92.1 Å². The summed E-state index contributed by atoms with van der Waals surface area (Å²) >= 11 is 1.66. The topological polar surface area (TPSA) is 112 Å². The summed E-state index contributed by atoms with van der Waals surface area (Å²) in [6.45, 7) is 4.84. The summed E-state index contributed by atoms with van der Waals surface area (Å²) in [5, 5.41) is 21.2. The Labute approximate surface area is 268 Å². The summed E-state index contributed by atoms with van der Waals surface area (Å²) in [5.41, 5.74) is 3.19. The number of rotatable bonds is 4. The van der Waals surface area contributed by atoms with Crippen LogP contribution in [-0.4, -0.2) is 39.3 Å². The fourth-order valence-electron chi connectivity index (χ4n) is 8.13. The van der Waals surface area contributed by atoms with E-state index >= 15 is 0 Å². The smallest absolute Gasteiger partial charge is 0.336 e. The van der Waals surface area contributed by atoms with Gasteiger partial charge in [-0.25, -0.2) is 9.59 Å². The molecule has 228 valence electrons. The predicted molar refractivity (Wildman–Crippen MR) is 179 cm³/mol. The standard InChI is InChI=1S/C38H29NO6S/c1-37-13-5-6-14-38(37,2)39(30-8-4-3-7-29(30)37)21-10-12-23-22-11-9-20(16-31(22)46-32(23)17-21)15-28-33(40)24-18-26(35(42)43)27(36(44)45)19-25(24)34(28)41/h3-4,7-12,15-19H,5-6,13-14H2,1-2H3,(H,42,43)(H,44,45). The summed E-state index contributed by atoms with van der Waals surface area (Å²) in [6.07, 6.45) is 6.23. The van der Waals surface area contributed by atoms with E-state index in [1.807, 2.05) is 18.2 Å². The SMILES string of the molecule is CC12CCCCC1(C)N(c1ccc3c(c1)sc1cc(C=C4C(=O)c5cc(C(=O)O)c(C(=O)O)cc5C4=O)ccc13)c1ccccc12. The van der Waals surface area contributed by atoms with E-state index in [2.05, 4.69) is 61.2 Å². The molecule has 7 nitrogen and oxygen atoms in total. The molecule has 2 heterocycles. The summed E-state index contributed by atoms with van der Waals surface area (Å²) < 4.78 is 2.15. The van der Waals surface area contributed by atoms with Gasteiger partial charge in [-0.3, -0.25) is 9.59 Å².